The standard InChI is InChI=1S/C14H20BrCl/c1-11(2)6-7-13(10-15)8-12-4-3-5-14(16)9-12/h3-5,9,11,13H,6-8,10H2,1-2H3. The van der Waals surface area contributed by atoms with Gasteiger partial charge in [0.2, 0.25) is 0 Å². The molecule has 0 nitrogen and oxygen atoms in total. The van der Waals surface area contributed by atoms with E-state index in [0.29, 0.717) is 0 Å². The first-order chi connectivity index (χ1) is 7.61. The van der Waals surface area contributed by atoms with Gasteiger partial charge in [-0.15, -0.1) is 0 Å². The molecule has 0 spiro atoms. The van der Waals surface area contributed by atoms with Crippen LogP contribution < -0.4 is 0 Å². The van der Waals surface area contributed by atoms with Gasteiger partial charge in [-0.05, 0) is 42.4 Å². The first-order valence-electron chi connectivity index (χ1n) is 5.92. The molecule has 0 amide bonds. The number of alkyl halides is 1. The Kier molecular flexibility index (Phi) is 6.45. The third-order valence-corrected chi connectivity index (χ3v) is 3.93. The summed E-state index contributed by atoms with van der Waals surface area (Å²) in [5.74, 6) is 1.52. The first kappa shape index (κ1) is 14.1. The minimum absolute atomic E-state index is 0.723. The normalized spacial score (nSPS) is 13.1. The molecular weight excluding hydrogens is 284 g/mol. The zero-order chi connectivity index (χ0) is 12.0. The van der Waals surface area contributed by atoms with Crippen molar-refractivity contribution in [3.8, 4) is 0 Å². The fraction of sp³-hybridized carbons (Fsp3) is 0.571. The van der Waals surface area contributed by atoms with Crippen LogP contribution in [0.2, 0.25) is 5.02 Å². The highest BCUT2D eigenvalue weighted by atomic mass is 79.9. The Bertz CT molecular complexity index is 309. The summed E-state index contributed by atoms with van der Waals surface area (Å²) in [5, 5.41) is 1.92. The van der Waals surface area contributed by atoms with Gasteiger partial charge >= 0.3 is 0 Å². The zero-order valence-corrected chi connectivity index (χ0v) is 12.4. The molecule has 0 N–H and O–H groups in total. The average molecular weight is 304 g/mol. The van der Waals surface area contributed by atoms with Gasteiger partial charge in [0.05, 0.1) is 0 Å². The van der Waals surface area contributed by atoms with Gasteiger partial charge in [0.1, 0.15) is 0 Å². The van der Waals surface area contributed by atoms with E-state index in [1.54, 1.807) is 0 Å². The molecule has 2 heteroatoms. The van der Waals surface area contributed by atoms with Gasteiger partial charge in [0.15, 0.2) is 0 Å². The lowest BCUT2D eigenvalue weighted by Crippen LogP contribution is -2.07. The van der Waals surface area contributed by atoms with Crippen LogP contribution in [0.1, 0.15) is 32.3 Å². The maximum Gasteiger partial charge on any atom is 0.0408 e. The van der Waals surface area contributed by atoms with E-state index in [0.717, 1.165) is 28.6 Å². The molecule has 0 aliphatic heterocycles. The first-order valence-corrected chi connectivity index (χ1v) is 7.42. The quantitative estimate of drug-likeness (QED) is 0.623. The molecule has 0 heterocycles. The second-order valence-electron chi connectivity index (χ2n) is 4.83. The van der Waals surface area contributed by atoms with Crippen LogP contribution in [-0.2, 0) is 6.42 Å². The van der Waals surface area contributed by atoms with Crippen molar-refractivity contribution in [2.24, 2.45) is 11.8 Å². The Morgan fingerprint density at radius 3 is 2.56 bits per heavy atom. The van der Waals surface area contributed by atoms with E-state index >= 15 is 0 Å². The Morgan fingerprint density at radius 1 is 1.25 bits per heavy atom. The van der Waals surface area contributed by atoms with E-state index in [4.69, 9.17) is 11.6 Å². The van der Waals surface area contributed by atoms with E-state index in [2.05, 4.69) is 41.9 Å². The Labute approximate surface area is 113 Å². The molecule has 0 aromatic heterocycles. The Morgan fingerprint density at radius 2 is 2.00 bits per heavy atom. The van der Waals surface area contributed by atoms with Crippen molar-refractivity contribution in [2.45, 2.75) is 33.1 Å². The van der Waals surface area contributed by atoms with Crippen LogP contribution in [-0.4, -0.2) is 5.33 Å². The second-order valence-corrected chi connectivity index (χ2v) is 5.91. The smallest absolute Gasteiger partial charge is 0.0408 e. The van der Waals surface area contributed by atoms with Crippen molar-refractivity contribution >= 4 is 27.5 Å². The number of rotatable bonds is 6. The Balaban J connectivity index is 2.49. The molecule has 0 saturated heterocycles. The number of benzene rings is 1. The molecule has 0 aliphatic carbocycles. The summed E-state index contributed by atoms with van der Waals surface area (Å²) in [5.41, 5.74) is 1.35. The van der Waals surface area contributed by atoms with Gasteiger partial charge in [-0.1, -0.05) is 59.9 Å². The lowest BCUT2D eigenvalue weighted by Gasteiger charge is -2.15. The highest BCUT2D eigenvalue weighted by molar-refractivity contribution is 9.09. The largest absolute Gasteiger partial charge is 0.0925 e. The van der Waals surface area contributed by atoms with Crippen LogP contribution in [0.4, 0.5) is 0 Å². The maximum absolute atomic E-state index is 5.99. The minimum atomic E-state index is 0.723. The second kappa shape index (κ2) is 7.34. The van der Waals surface area contributed by atoms with Gasteiger partial charge < -0.3 is 0 Å². The van der Waals surface area contributed by atoms with Crippen LogP contribution in [0.5, 0.6) is 0 Å². The summed E-state index contributed by atoms with van der Waals surface area (Å²) < 4.78 is 0. The fourth-order valence-electron chi connectivity index (χ4n) is 1.80. The van der Waals surface area contributed by atoms with E-state index in [1.807, 2.05) is 12.1 Å². The third kappa shape index (κ3) is 5.36. The van der Waals surface area contributed by atoms with Crippen LogP contribution in [0.15, 0.2) is 24.3 Å². The van der Waals surface area contributed by atoms with E-state index in [1.165, 1.54) is 18.4 Å². The molecule has 0 fully saturated rings. The van der Waals surface area contributed by atoms with Crippen molar-refractivity contribution in [2.75, 3.05) is 5.33 Å². The van der Waals surface area contributed by atoms with Crippen molar-refractivity contribution in [1.29, 1.82) is 0 Å². The fourth-order valence-corrected chi connectivity index (χ4v) is 2.57. The minimum Gasteiger partial charge on any atom is -0.0925 e. The molecule has 0 saturated carbocycles. The number of hydrogen-bond acceptors (Lipinski definition) is 0. The number of halogens is 2. The predicted molar refractivity (Wildman–Crippen MR) is 76.5 cm³/mol. The summed E-state index contributed by atoms with van der Waals surface area (Å²) in [6.07, 6.45) is 3.71. The Hall–Kier alpha value is -0.0100. The molecule has 1 unspecified atom stereocenters. The van der Waals surface area contributed by atoms with Gasteiger partial charge in [-0.25, -0.2) is 0 Å². The average Bonchev–Trinajstić information content (AvgIpc) is 2.24. The molecule has 0 aliphatic rings. The van der Waals surface area contributed by atoms with Gasteiger partial charge in [0.25, 0.3) is 0 Å². The van der Waals surface area contributed by atoms with Crippen LogP contribution >= 0.6 is 27.5 Å². The molecule has 90 valence electrons. The summed E-state index contributed by atoms with van der Waals surface area (Å²) in [4.78, 5) is 0. The van der Waals surface area contributed by atoms with Gasteiger partial charge in [0, 0.05) is 10.4 Å². The molecule has 0 bridgehead atoms. The zero-order valence-electron chi connectivity index (χ0n) is 10.0. The topological polar surface area (TPSA) is 0 Å². The lowest BCUT2D eigenvalue weighted by atomic mass is 9.93. The van der Waals surface area contributed by atoms with Crippen molar-refractivity contribution in [3.05, 3.63) is 34.9 Å². The molecule has 16 heavy (non-hydrogen) atoms. The summed E-state index contributed by atoms with van der Waals surface area (Å²) in [7, 11) is 0. The van der Waals surface area contributed by atoms with Crippen LogP contribution in [0.3, 0.4) is 0 Å². The molecule has 1 aromatic carbocycles. The SMILES string of the molecule is CC(C)CCC(CBr)Cc1cccc(Cl)c1. The van der Waals surface area contributed by atoms with Crippen molar-refractivity contribution in [3.63, 3.8) is 0 Å². The summed E-state index contributed by atoms with van der Waals surface area (Å²) in [6.45, 7) is 4.56. The molecule has 0 radical (unpaired) electrons. The summed E-state index contributed by atoms with van der Waals surface area (Å²) in [6, 6.07) is 8.21. The van der Waals surface area contributed by atoms with Gasteiger partial charge in [-0.2, -0.15) is 0 Å². The molecular formula is C14H20BrCl. The highest BCUT2D eigenvalue weighted by Gasteiger charge is 2.09. The molecule has 1 rings (SSSR count). The molecule has 1 aromatic rings. The molecule has 1 atom stereocenters. The monoisotopic (exact) mass is 302 g/mol. The number of hydrogen-bond donors (Lipinski definition) is 0. The van der Waals surface area contributed by atoms with Crippen LogP contribution in [0, 0.1) is 11.8 Å². The predicted octanol–water partition coefficient (Wildman–Crippen LogP) is 5.33. The van der Waals surface area contributed by atoms with E-state index in [9.17, 15) is 0 Å². The van der Waals surface area contributed by atoms with Crippen molar-refractivity contribution < 1.29 is 0 Å². The van der Waals surface area contributed by atoms with Crippen molar-refractivity contribution in [1.82, 2.24) is 0 Å². The third-order valence-electron chi connectivity index (χ3n) is 2.78. The van der Waals surface area contributed by atoms with E-state index < -0.39 is 0 Å². The maximum atomic E-state index is 5.99. The van der Waals surface area contributed by atoms with Gasteiger partial charge in [-0.3, -0.25) is 0 Å². The van der Waals surface area contributed by atoms with Crippen LogP contribution in [0.25, 0.3) is 0 Å². The lowest BCUT2D eigenvalue weighted by molar-refractivity contribution is 0.455. The van der Waals surface area contributed by atoms with E-state index in [-0.39, 0.29) is 0 Å². The highest BCUT2D eigenvalue weighted by Crippen LogP contribution is 2.21. The summed E-state index contributed by atoms with van der Waals surface area (Å²) >= 11 is 9.60.